The van der Waals surface area contributed by atoms with E-state index in [0.29, 0.717) is 6.04 Å². The maximum absolute atomic E-state index is 13.7. The van der Waals surface area contributed by atoms with E-state index in [2.05, 4.69) is 31.6 Å². The van der Waals surface area contributed by atoms with E-state index >= 15 is 0 Å². The van der Waals surface area contributed by atoms with Crippen molar-refractivity contribution in [3.05, 3.63) is 35.8 Å². The molecule has 7 heteroatoms. The quantitative estimate of drug-likeness (QED) is 0.822. The highest BCUT2D eigenvalue weighted by atomic mass is 19.1. The Bertz CT molecular complexity index is 743. The lowest BCUT2D eigenvalue weighted by Gasteiger charge is -2.29. The van der Waals surface area contributed by atoms with Crippen LogP contribution in [0.3, 0.4) is 0 Å². The Morgan fingerprint density at radius 2 is 2.08 bits per heavy atom. The molecule has 2 aliphatic rings. The van der Waals surface area contributed by atoms with Crippen LogP contribution in [0.15, 0.2) is 18.3 Å². The van der Waals surface area contributed by atoms with Crippen LogP contribution in [0, 0.1) is 11.7 Å². The summed E-state index contributed by atoms with van der Waals surface area (Å²) in [4.78, 5) is 6.52. The van der Waals surface area contributed by atoms with Crippen molar-refractivity contribution >= 4 is 0 Å². The Morgan fingerprint density at radius 3 is 2.88 bits per heavy atom. The van der Waals surface area contributed by atoms with E-state index in [-0.39, 0.29) is 12.5 Å². The predicted octanol–water partition coefficient (Wildman–Crippen LogP) is 2.83. The van der Waals surface area contributed by atoms with Gasteiger partial charge in [-0.25, -0.2) is 9.37 Å². The van der Waals surface area contributed by atoms with Crippen LogP contribution in [0.4, 0.5) is 4.39 Å². The van der Waals surface area contributed by atoms with Crippen LogP contribution < -0.4 is 4.74 Å². The molecule has 0 saturated heterocycles. The van der Waals surface area contributed by atoms with Gasteiger partial charge < -0.3 is 9.30 Å². The first kappa shape index (κ1) is 17.4. The summed E-state index contributed by atoms with van der Waals surface area (Å²) in [5.41, 5.74) is 0. The molecule has 1 atom stereocenters. The molecule has 2 aromatic rings. The Morgan fingerprint density at radius 1 is 1.23 bits per heavy atom. The van der Waals surface area contributed by atoms with E-state index < -0.39 is 5.82 Å². The fourth-order valence-electron chi connectivity index (χ4n) is 4.14. The molecule has 1 saturated carbocycles. The van der Waals surface area contributed by atoms with Gasteiger partial charge in [0, 0.05) is 38.3 Å². The van der Waals surface area contributed by atoms with Crippen LogP contribution in [0.5, 0.6) is 5.88 Å². The van der Waals surface area contributed by atoms with Gasteiger partial charge in [-0.1, -0.05) is 12.8 Å². The van der Waals surface area contributed by atoms with Gasteiger partial charge in [0.15, 0.2) is 11.6 Å². The molecule has 0 amide bonds. The maximum Gasteiger partial charge on any atom is 0.250 e. The molecule has 1 aliphatic carbocycles. The number of aromatic nitrogens is 4. The highest BCUT2D eigenvalue weighted by Crippen LogP contribution is 2.27. The molecule has 0 N–H and O–H groups in total. The zero-order valence-corrected chi connectivity index (χ0v) is 15.3. The number of nitrogens with zero attached hydrogens (tertiary/aromatic N) is 5. The van der Waals surface area contributed by atoms with Crippen LogP contribution in [0.25, 0.3) is 0 Å². The van der Waals surface area contributed by atoms with Gasteiger partial charge in [0.2, 0.25) is 0 Å². The van der Waals surface area contributed by atoms with Gasteiger partial charge in [-0.3, -0.25) is 4.90 Å². The Balaban J connectivity index is 1.42. The lowest BCUT2D eigenvalue weighted by molar-refractivity contribution is 0.178. The summed E-state index contributed by atoms with van der Waals surface area (Å²) in [6, 6.07) is 3.35. The lowest BCUT2D eigenvalue weighted by Crippen LogP contribution is -2.38. The number of rotatable bonds is 5. The zero-order chi connectivity index (χ0) is 17.9. The van der Waals surface area contributed by atoms with E-state index in [0.717, 1.165) is 37.1 Å². The van der Waals surface area contributed by atoms with Crippen LogP contribution in [-0.2, 0) is 19.6 Å². The smallest absolute Gasteiger partial charge is 0.250 e. The third-order valence-corrected chi connectivity index (χ3v) is 5.65. The van der Waals surface area contributed by atoms with Crippen LogP contribution in [0.1, 0.15) is 44.3 Å². The Labute approximate surface area is 153 Å². The number of fused-ring (bicyclic) bond motifs is 1. The molecule has 2 aromatic heterocycles. The largest absolute Gasteiger partial charge is 0.467 e. The minimum atomic E-state index is -0.459. The van der Waals surface area contributed by atoms with Crippen molar-refractivity contribution in [3.8, 4) is 5.88 Å². The summed E-state index contributed by atoms with van der Waals surface area (Å²) in [6.45, 7) is 5.48. The normalized spacial score (nSPS) is 21.5. The summed E-state index contributed by atoms with van der Waals surface area (Å²) in [6.07, 6.45) is 7.89. The second-order valence-corrected chi connectivity index (χ2v) is 7.46. The number of pyridine rings is 1. The topological polar surface area (TPSA) is 56.1 Å². The van der Waals surface area contributed by atoms with E-state index in [4.69, 9.17) is 4.74 Å². The fourth-order valence-corrected chi connectivity index (χ4v) is 4.14. The van der Waals surface area contributed by atoms with E-state index in [9.17, 15) is 4.39 Å². The molecule has 1 aliphatic heterocycles. The molecule has 0 aromatic carbocycles. The number of halogens is 1. The standard InChI is InChI=1S/C19H26FN5O/c1-14-11-17-22-23-18(13-26-19-16(20)7-4-8-21-19)25(17)10-9-24(14)12-15-5-2-3-6-15/h4,7-8,14-15H,2-3,5-6,9-13H2,1H3/t14-/m0/s1. The van der Waals surface area contributed by atoms with E-state index in [1.807, 2.05) is 0 Å². The van der Waals surface area contributed by atoms with Crippen molar-refractivity contribution in [1.82, 2.24) is 24.6 Å². The summed E-state index contributed by atoms with van der Waals surface area (Å²) in [5.74, 6) is 2.12. The minimum absolute atomic E-state index is 0.00898. The van der Waals surface area contributed by atoms with Crippen molar-refractivity contribution in [2.24, 2.45) is 5.92 Å². The molecule has 4 rings (SSSR count). The average Bonchev–Trinajstić information content (AvgIpc) is 3.25. The van der Waals surface area contributed by atoms with Crippen molar-refractivity contribution in [1.29, 1.82) is 0 Å². The number of hydrogen-bond acceptors (Lipinski definition) is 5. The van der Waals surface area contributed by atoms with Crippen LogP contribution in [-0.4, -0.2) is 43.8 Å². The van der Waals surface area contributed by atoms with Gasteiger partial charge in [0.25, 0.3) is 5.88 Å². The Hall–Kier alpha value is -2.02. The van der Waals surface area contributed by atoms with Gasteiger partial charge in [-0.2, -0.15) is 0 Å². The first-order valence-corrected chi connectivity index (χ1v) is 9.59. The van der Waals surface area contributed by atoms with Gasteiger partial charge in [-0.05, 0) is 37.8 Å². The van der Waals surface area contributed by atoms with Crippen molar-refractivity contribution in [2.75, 3.05) is 13.1 Å². The average molecular weight is 359 g/mol. The highest BCUT2D eigenvalue weighted by Gasteiger charge is 2.27. The SMILES string of the molecule is C[C@H]1Cc2nnc(COc3ncccc3F)n2CCN1CC1CCCC1. The Kier molecular flexibility index (Phi) is 5.15. The number of ether oxygens (including phenoxy) is 1. The first-order valence-electron chi connectivity index (χ1n) is 9.59. The molecule has 1 fully saturated rings. The maximum atomic E-state index is 13.7. The van der Waals surface area contributed by atoms with Gasteiger partial charge >= 0.3 is 0 Å². The second kappa shape index (κ2) is 7.70. The second-order valence-electron chi connectivity index (χ2n) is 7.46. The predicted molar refractivity (Wildman–Crippen MR) is 95.2 cm³/mol. The molecule has 6 nitrogen and oxygen atoms in total. The van der Waals surface area contributed by atoms with Crippen LogP contribution in [0.2, 0.25) is 0 Å². The molecule has 26 heavy (non-hydrogen) atoms. The van der Waals surface area contributed by atoms with E-state index in [1.165, 1.54) is 44.5 Å². The number of hydrogen-bond donors (Lipinski definition) is 0. The van der Waals surface area contributed by atoms with Crippen molar-refractivity contribution in [2.45, 2.75) is 58.2 Å². The molecule has 0 spiro atoms. The lowest BCUT2D eigenvalue weighted by atomic mass is 10.1. The molecular weight excluding hydrogens is 333 g/mol. The summed E-state index contributed by atoms with van der Waals surface area (Å²) in [5, 5.41) is 8.63. The monoisotopic (exact) mass is 359 g/mol. The van der Waals surface area contributed by atoms with E-state index in [1.54, 1.807) is 6.07 Å². The van der Waals surface area contributed by atoms with Gasteiger partial charge in [0.05, 0.1) is 0 Å². The summed E-state index contributed by atoms with van der Waals surface area (Å²) >= 11 is 0. The third kappa shape index (κ3) is 3.72. The zero-order valence-electron chi connectivity index (χ0n) is 15.3. The van der Waals surface area contributed by atoms with Crippen LogP contribution >= 0.6 is 0 Å². The molecule has 3 heterocycles. The van der Waals surface area contributed by atoms with Crippen molar-refractivity contribution in [3.63, 3.8) is 0 Å². The molecule has 140 valence electrons. The van der Waals surface area contributed by atoms with Gasteiger partial charge in [0.1, 0.15) is 12.4 Å². The molecule has 0 bridgehead atoms. The van der Waals surface area contributed by atoms with Gasteiger partial charge in [-0.15, -0.1) is 10.2 Å². The van der Waals surface area contributed by atoms with Crippen molar-refractivity contribution < 1.29 is 9.13 Å². The summed E-state index contributed by atoms with van der Waals surface area (Å²) < 4.78 is 21.3. The highest BCUT2D eigenvalue weighted by molar-refractivity contribution is 5.13. The molecule has 0 unspecified atom stereocenters. The fraction of sp³-hybridized carbons (Fsp3) is 0.632. The minimum Gasteiger partial charge on any atom is -0.467 e. The summed E-state index contributed by atoms with van der Waals surface area (Å²) in [7, 11) is 0. The molecule has 0 radical (unpaired) electrons. The molecular formula is C19H26FN5O. The third-order valence-electron chi connectivity index (χ3n) is 5.65. The first-order chi connectivity index (χ1) is 12.7.